The fourth-order valence-corrected chi connectivity index (χ4v) is 2.24. The van der Waals surface area contributed by atoms with Gasteiger partial charge in [0, 0.05) is 10.7 Å². The fourth-order valence-electron chi connectivity index (χ4n) is 0.889. The summed E-state index contributed by atoms with van der Waals surface area (Å²) in [6.45, 7) is 8.51. The Kier molecular flexibility index (Phi) is 3.64. The summed E-state index contributed by atoms with van der Waals surface area (Å²) in [6.07, 6.45) is 1.05. The van der Waals surface area contributed by atoms with Crippen LogP contribution >= 0.6 is 0 Å². The molecule has 0 amide bonds. The van der Waals surface area contributed by atoms with Crippen LogP contribution < -0.4 is 0 Å². The summed E-state index contributed by atoms with van der Waals surface area (Å²) in [4.78, 5) is 0. The molecule has 0 aliphatic rings. The largest absolute Gasteiger partial charge is 0.411 e. The van der Waals surface area contributed by atoms with Gasteiger partial charge in [0.05, 0.1) is 9.52 Å². The first-order valence-corrected chi connectivity index (χ1v) is 5.92. The Morgan fingerprint density at radius 2 is 2.10 bits per heavy atom. The smallest absolute Gasteiger partial charge is 0.0752 e. The summed E-state index contributed by atoms with van der Waals surface area (Å²) in [5.74, 6) is 0. The van der Waals surface area contributed by atoms with Gasteiger partial charge in [-0.2, -0.15) is 0 Å². The van der Waals surface area contributed by atoms with Crippen molar-refractivity contribution in [2.75, 3.05) is 0 Å². The van der Waals surface area contributed by atoms with E-state index in [4.69, 9.17) is 5.21 Å². The summed E-state index contributed by atoms with van der Waals surface area (Å²) in [5, 5.41) is 13.0. The second-order valence-corrected chi connectivity index (χ2v) is 4.51. The van der Waals surface area contributed by atoms with Crippen LogP contribution in [0.2, 0.25) is 6.55 Å². The summed E-state index contributed by atoms with van der Waals surface area (Å²) >= 11 is 0. The zero-order chi connectivity index (χ0) is 8.20. The predicted molar refractivity (Wildman–Crippen MR) is 47.7 cm³/mol. The number of oxime groups is 1. The van der Waals surface area contributed by atoms with Crippen LogP contribution in [-0.4, -0.2) is 20.1 Å². The maximum Gasteiger partial charge on any atom is 0.0752 e. The number of nitrogens with zero attached hydrogens (tertiary/aromatic N) is 1. The fraction of sp³-hybridized carbons (Fsp3) is 0.857. The van der Waals surface area contributed by atoms with Crippen molar-refractivity contribution in [2.45, 2.75) is 33.7 Å². The Balaban J connectivity index is 4.28. The highest BCUT2D eigenvalue weighted by atomic mass is 28.2. The van der Waals surface area contributed by atoms with Crippen LogP contribution in [0.15, 0.2) is 5.16 Å². The van der Waals surface area contributed by atoms with E-state index in [2.05, 4.69) is 32.5 Å². The van der Waals surface area contributed by atoms with Crippen LogP contribution in [0.5, 0.6) is 0 Å². The maximum atomic E-state index is 8.62. The topological polar surface area (TPSA) is 32.6 Å². The second-order valence-electron chi connectivity index (χ2n) is 3.14. The Bertz CT molecular complexity index is 132. The molecule has 0 aliphatic carbocycles. The first kappa shape index (κ1) is 9.69. The van der Waals surface area contributed by atoms with Crippen LogP contribution in [0.1, 0.15) is 27.2 Å². The van der Waals surface area contributed by atoms with E-state index in [-0.39, 0.29) is 14.9 Å². The molecule has 0 aromatic rings. The van der Waals surface area contributed by atoms with Crippen molar-refractivity contribution in [2.24, 2.45) is 10.6 Å². The zero-order valence-corrected chi connectivity index (χ0v) is 8.72. The summed E-state index contributed by atoms with van der Waals surface area (Å²) < 4.78 is 0. The second kappa shape index (κ2) is 3.76. The van der Waals surface area contributed by atoms with Gasteiger partial charge in [0.15, 0.2) is 0 Å². The van der Waals surface area contributed by atoms with E-state index in [1.54, 1.807) is 0 Å². The van der Waals surface area contributed by atoms with E-state index >= 15 is 0 Å². The van der Waals surface area contributed by atoms with E-state index in [1.807, 2.05) is 0 Å². The molecule has 0 fully saturated rings. The van der Waals surface area contributed by atoms with Gasteiger partial charge in [-0.15, -0.1) is 5.16 Å². The standard InChI is InChI=1S/C7H17NOSi/c1-5-7(2,3)6(8-9)10-4/h9H,5,10H2,1-4H3. The monoisotopic (exact) mass is 159 g/mol. The molecule has 10 heavy (non-hydrogen) atoms. The molecule has 0 heterocycles. The van der Waals surface area contributed by atoms with Crippen molar-refractivity contribution < 1.29 is 5.21 Å². The van der Waals surface area contributed by atoms with Gasteiger partial charge in [-0.05, 0) is 6.42 Å². The molecular weight excluding hydrogens is 142 g/mol. The number of hydrogen-bond donors (Lipinski definition) is 1. The van der Waals surface area contributed by atoms with Gasteiger partial charge in [0.1, 0.15) is 0 Å². The van der Waals surface area contributed by atoms with Crippen molar-refractivity contribution in [3.63, 3.8) is 0 Å². The Morgan fingerprint density at radius 3 is 2.20 bits per heavy atom. The van der Waals surface area contributed by atoms with Crippen LogP contribution in [0.4, 0.5) is 0 Å². The van der Waals surface area contributed by atoms with Gasteiger partial charge in [-0.3, -0.25) is 0 Å². The summed E-state index contributed by atoms with van der Waals surface area (Å²) in [5.41, 5.74) is 0.121. The molecule has 3 heteroatoms. The first-order chi connectivity index (χ1) is 4.58. The maximum absolute atomic E-state index is 8.62. The normalized spacial score (nSPS) is 15.0. The lowest BCUT2D eigenvalue weighted by molar-refractivity contribution is 0.310. The van der Waals surface area contributed by atoms with Crippen LogP contribution in [0, 0.1) is 5.41 Å². The lowest BCUT2D eigenvalue weighted by Gasteiger charge is -2.22. The minimum absolute atomic E-state index is 0.121. The lowest BCUT2D eigenvalue weighted by Crippen LogP contribution is -2.27. The van der Waals surface area contributed by atoms with Crippen LogP contribution in [0.3, 0.4) is 0 Å². The van der Waals surface area contributed by atoms with Crippen molar-refractivity contribution >= 4 is 14.9 Å². The highest BCUT2D eigenvalue weighted by molar-refractivity contribution is 6.75. The average molecular weight is 159 g/mol. The average Bonchev–Trinajstić information content (AvgIpc) is 1.90. The highest BCUT2D eigenvalue weighted by Crippen LogP contribution is 2.21. The van der Waals surface area contributed by atoms with Gasteiger partial charge < -0.3 is 5.21 Å². The molecule has 0 radical (unpaired) electrons. The molecule has 1 N–H and O–H groups in total. The minimum Gasteiger partial charge on any atom is -0.411 e. The number of rotatable bonds is 3. The molecule has 2 nitrogen and oxygen atoms in total. The van der Waals surface area contributed by atoms with E-state index in [1.165, 1.54) is 0 Å². The Morgan fingerprint density at radius 1 is 1.60 bits per heavy atom. The SMILES string of the molecule is CCC(C)(C)C(=NO)[SiH2]C. The molecule has 0 rings (SSSR count). The van der Waals surface area contributed by atoms with E-state index in [9.17, 15) is 0 Å². The molecule has 0 aromatic carbocycles. The van der Waals surface area contributed by atoms with E-state index < -0.39 is 0 Å². The van der Waals surface area contributed by atoms with E-state index in [0.717, 1.165) is 11.8 Å². The van der Waals surface area contributed by atoms with E-state index in [0.29, 0.717) is 0 Å². The van der Waals surface area contributed by atoms with Gasteiger partial charge in [-0.1, -0.05) is 27.3 Å². The third-order valence-electron chi connectivity index (χ3n) is 2.12. The van der Waals surface area contributed by atoms with Crippen LogP contribution in [0.25, 0.3) is 0 Å². The predicted octanol–water partition coefficient (Wildman–Crippen LogP) is 1.43. The molecule has 0 aliphatic heterocycles. The summed E-state index contributed by atoms with van der Waals surface area (Å²) in [7, 11) is -0.287. The quantitative estimate of drug-likeness (QED) is 0.287. The third kappa shape index (κ3) is 2.14. The van der Waals surface area contributed by atoms with Gasteiger partial charge in [0.2, 0.25) is 0 Å². The Labute approximate surface area is 65.1 Å². The lowest BCUT2D eigenvalue weighted by atomic mass is 9.92. The molecule has 0 bridgehead atoms. The van der Waals surface area contributed by atoms with Crippen LogP contribution in [-0.2, 0) is 0 Å². The molecule has 0 unspecified atom stereocenters. The Hall–Kier alpha value is -0.313. The summed E-state index contributed by atoms with van der Waals surface area (Å²) in [6, 6.07) is 0. The van der Waals surface area contributed by atoms with Crippen molar-refractivity contribution in [1.82, 2.24) is 0 Å². The molecule has 0 atom stereocenters. The van der Waals surface area contributed by atoms with Crippen molar-refractivity contribution in [1.29, 1.82) is 0 Å². The first-order valence-electron chi connectivity index (χ1n) is 3.79. The highest BCUT2D eigenvalue weighted by Gasteiger charge is 2.21. The van der Waals surface area contributed by atoms with Gasteiger partial charge in [-0.25, -0.2) is 0 Å². The van der Waals surface area contributed by atoms with Gasteiger partial charge in [0.25, 0.3) is 0 Å². The third-order valence-corrected chi connectivity index (χ3v) is 3.89. The van der Waals surface area contributed by atoms with Crippen molar-refractivity contribution in [3.8, 4) is 0 Å². The molecule has 0 saturated carbocycles. The number of hydrogen-bond acceptors (Lipinski definition) is 2. The zero-order valence-electron chi connectivity index (χ0n) is 7.31. The molecular formula is C7H17NOSi. The van der Waals surface area contributed by atoms with Gasteiger partial charge >= 0.3 is 0 Å². The molecule has 0 aromatic heterocycles. The minimum atomic E-state index is -0.287. The molecule has 0 spiro atoms. The molecule has 60 valence electrons. The van der Waals surface area contributed by atoms with Crippen molar-refractivity contribution in [3.05, 3.63) is 0 Å². The molecule has 0 saturated heterocycles.